The standard InChI is InChI=1S/C18H15BrN4O4S/c1-23-17(26)15-10(8-28-16(15)22-18(23)27)6-14(25)21-13(20)7-12(24)9-2-4-11(19)5-3-9/h2-5,7-8,24H,6H2,1H3,(H,22,27)(H2,20,21,25)/b12-7-. The van der Waals surface area contributed by atoms with Crippen molar-refractivity contribution in [3.8, 4) is 0 Å². The molecular weight excluding hydrogens is 448 g/mol. The molecule has 1 aromatic carbocycles. The van der Waals surface area contributed by atoms with Crippen molar-refractivity contribution in [1.29, 1.82) is 0 Å². The van der Waals surface area contributed by atoms with Crippen LogP contribution in [0.4, 0.5) is 0 Å². The maximum absolute atomic E-state index is 12.3. The summed E-state index contributed by atoms with van der Waals surface area (Å²) in [4.78, 5) is 42.9. The number of carbonyl (C=O) groups is 1. The Morgan fingerprint density at radius 1 is 1.36 bits per heavy atom. The van der Waals surface area contributed by atoms with Gasteiger partial charge in [-0.05, 0) is 23.1 Å². The van der Waals surface area contributed by atoms with Gasteiger partial charge in [-0.2, -0.15) is 4.99 Å². The number of aliphatic imine (C=N–C) groups is 1. The lowest BCUT2D eigenvalue weighted by molar-refractivity contribution is -0.117. The topological polar surface area (TPSA) is 131 Å². The molecule has 10 heteroatoms. The Morgan fingerprint density at radius 3 is 2.71 bits per heavy atom. The lowest BCUT2D eigenvalue weighted by atomic mass is 10.1. The average molecular weight is 463 g/mol. The van der Waals surface area contributed by atoms with E-state index in [1.54, 1.807) is 29.6 Å². The third-order valence-electron chi connectivity index (χ3n) is 3.93. The van der Waals surface area contributed by atoms with Crippen molar-refractivity contribution in [2.24, 2.45) is 17.8 Å². The normalized spacial score (nSPS) is 12.5. The number of nitrogens with two attached hydrogens (primary N) is 1. The predicted molar refractivity (Wildman–Crippen MR) is 113 cm³/mol. The number of rotatable bonds is 4. The molecule has 0 radical (unpaired) electrons. The number of halogens is 1. The molecule has 0 fully saturated rings. The zero-order valence-corrected chi connectivity index (χ0v) is 17.0. The molecule has 0 aliphatic rings. The third kappa shape index (κ3) is 4.12. The molecule has 2 heterocycles. The van der Waals surface area contributed by atoms with Crippen LogP contribution in [0.5, 0.6) is 0 Å². The van der Waals surface area contributed by atoms with Crippen LogP contribution >= 0.6 is 27.3 Å². The van der Waals surface area contributed by atoms with E-state index in [1.165, 1.54) is 13.1 Å². The zero-order chi connectivity index (χ0) is 20.4. The molecule has 2 aromatic heterocycles. The molecule has 8 nitrogen and oxygen atoms in total. The van der Waals surface area contributed by atoms with Crippen LogP contribution in [0.3, 0.4) is 0 Å². The fraction of sp³-hybridized carbons (Fsp3) is 0.111. The van der Waals surface area contributed by atoms with Crippen LogP contribution in [-0.4, -0.2) is 26.4 Å². The second-order valence-corrected chi connectivity index (χ2v) is 7.70. The Morgan fingerprint density at radius 2 is 2.04 bits per heavy atom. The number of aromatic nitrogens is 2. The molecule has 1 amide bonds. The highest BCUT2D eigenvalue weighted by Gasteiger charge is 2.14. The van der Waals surface area contributed by atoms with Gasteiger partial charge in [-0.15, -0.1) is 11.3 Å². The van der Waals surface area contributed by atoms with Crippen LogP contribution in [0.2, 0.25) is 0 Å². The molecule has 0 unspecified atom stereocenters. The first-order chi connectivity index (χ1) is 13.3. The van der Waals surface area contributed by atoms with E-state index >= 15 is 0 Å². The van der Waals surface area contributed by atoms with E-state index in [2.05, 4.69) is 25.9 Å². The second kappa shape index (κ2) is 7.95. The van der Waals surface area contributed by atoms with Crippen LogP contribution in [0.25, 0.3) is 16.0 Å². The van der Waals surface area contributed by atoms with Crippen molar-refractivity contribution in [3.63, 3.8) is 0 Å². The Kier molecular flexibility index (Phi) is 5.61. The van der Waals surface area contributed by atoms with Crippen LogP contribution in [0, 0.1) is 0 Å². The molecular formula is C18H15BrN4O4S. The van der Waals surface area contributed by atoms with Crippen molar-refractivity contribution < 1.29 is 9.90 Å². The van der Waals surface area contributed by atoms with Gasteiger partial charge in [0.2, 0.25) is 0 Å². The Bertz CT molecular complexity index is 1240. The molecule has 0 saturated carbocycles. The predicted octanol–water partition coefficient (Wildman–Crippen LogP) is 2.08. The van der Waals surface area contributed by atoms with Gasteiger partial charge >= 0.3 is 5.69 Å². The highest BCUT2D eigenvalue weighted by atomic mass is 79.9. The number of aliphatic hydroxyl groups is 1. The van der Waals surface area contributed by atoms with E-state index in [0.29, 0.717) is 16.0 Å². The minimum Gasteiger partial charge on any atom is -0.507 e. The number of benzene rings is 1. The lowest BCUT2D eigenvalue weighted by Gasteiger charge is -2.01. The summed E-state index contributed by atoms with van der Waals surface area (Å²) in [6.45, 7) is 0. The summed E-state index contributed by atoms with van der Waals surface area (Å²) in [6.07, 6.45) is 1.03. The number of hydrogen-bond donors (Lipinski definition) is 3. The Balaban J connectivity index is 1.83. The quantitative estimate of drug-likeness (QED) is 0.310. The number of amidine groups is 1. The summed E-state index contributed by atoms with van der Waals surface area (Å²) in [7, 11) is 1.36. The van der Waals surface area contributed by atoms with Crippen molar-refractivity contribution in [2.45, 2.75) is 6.42 Å². The molecule has 0 bridgehead atoms. The molecule has 144 valence electrons. The lowest BCUT2D eigenvalue weighted by Crippen LogP contribution is -2.32. The van der Waals surface area contributed by atoms with Gasteiger partial charge in [-0.25, -0.2) is 4.79 Å². The summed E-state index contributed by atoms with van der Waals surface area (Å²) < 4.78 is 1.80. The van der Waals surface area contributed by atoms with E-state index in [1.807, 2.05) is 0 Å². The van der Waals surface area contributed by atoms with Gasteiger partial charge in [-0.1, -0.05) is 28.1 Å². The van der Waals surface area contributed by atoms with Gasteiger partial charge in [-0.3, -0.25) is 19.1 Å². The number of thiophene rings is 1. The van der Waals surface area contributed by atoms with E-state index in [9.17, 15) is 19.5 Å². The van der Waals surface area contributed by atoms with E-state index in [0.717, 1.165) is 20.4 Å². The van der Waals surface area contributed by atoms with Gasteiger partial charge in [0.15, 0.2) is 0 Å². The zero-order valence-electron chi connectivity index (χ0n) is 14.6. The smallest absolute Gasteiger partial charge is 0.329 e. The number of carbonyl (C=O) groups excluding carboxylic acids is 1. The first-order valence-corrected chi connectivity index (χ1v) is 9.66. The van der Waals surface area contributed by atoms with Gasteiger partial charge in [0, 0.05) is 23.2 Å². The van der Waals surface area contributed by atoms with Gasteiger partial charge < -0.3 is 10.8 Å². The molecule has 0 aliphatic heterocycles. The summed E-state index contributed by atoms with van der Waals surface area (Å²) in [5.74, 6) is -0.870. The Labute approximate surface area is 170 Å². The van der Waals surface area contributed by atoms with Crippen molar-refractivity contribution in [3.05, 3.63) is 72.2 Å². The van der Waals surface area contributed by atoms with E-state index < -0.39 is 17.2 Å². The molecule has 4 N–H and O–H groups in total. The summed E-state index contributed by atoms with van der Waals surface area (Å²) in [5.41, 5.74) is 5.71. The minimum atomic E-state index is -0.578. The van der Waals surface area contributed by atoms with Crippen molar-refractivity contribution in [2.75, 3.05) is 0 Å². The number of nitrogens with one attached hydrogen (secondary N) is 1. The Hall–Kier alpha value is -2.98. The maximum Gasteiger partial charge on any atom is 0.329 e. The van der Waals surface area contributed by atoms with Crippen molar-refractivity contribution in [1.82, 2.24) is 9.55 Å². The van der Waals surface area contributed by atoms with Crippen molar-refractivity contribution >= 4 is 55.0 Å². The minimum absolute atomic E-state index is 0.131. The number of hydrogen-bond acceptors (Lipinski definition) is 5. The largest absolute Gasteiger partial charge is 0.507 e. The number of nitrogens with zero attached hydrogens (tertiary/aromatic N) is 2. The monoisotopic (exact) mass is 462 g/mol. The number of aromatic amines is 1. The number of aliphatic hydroxyl groups excluding tert-OH is 1. The summed E-state index contributed by atoms with van der Waals surface area (Å²) in [6, 6.07) is 6.87. The first kappa shape index (κ1) is 19.8. The summed E-state index contributed by atoms with van der Waals surface area (Å²) in [5, 5.41) is 12.0. The van der Waals surface area contributed by atoms with Crippen LogP contribution in [0.15, 0.2) is 54.8 Å². The number of H-pyrrole nitrogens is 1. The molecule has 0 atom stereocenters. The van der Waals surface area contributed by atoms with Crippen LogP contribution < -0.4 is 17.0 Å². The number of amides is 1. The maximum atomic E-state index is 12.3. The summed E-state index contributed by atoms with van der Waals surface area (Å²) >= 11 is 4.46. The average Bonchev–Trinajstić information content (AvgIpc) is 3.02. The first-order valence-electron chi connectivity index (χ1n) is 7.99. The highest BCUT2D eigenvalue weighted by Crippen LogP contribution is 2.21. The highest BCUT2D eigenvalue weighted by molar-refractivity contribution is 9.10. The fourth-order valence-electron chi connectivity index (χ4n) is 2.51. The van der Waals surface area contributed by atoms with Gasteiger partial charge in [0.25, 0.3) is 11.5 Å². The SMILES string of the molecule is Cn1c(=O)[nH]c2scc(CC(=O)N=C(N)/C=C(\O)c3ccc(Br)cc3)c2c1=O. The van der Waals surface area contributed by atoms with E-state index in [-0.39, 0.29) is 23.4 Å². The number of fused-ring (bicyclic) bond motifs is 1. The fourth-order valence-corrected chi connectivity index (χ4v) is 3.72. The molecule has 0 aliphatic carbocycles. The van der Waals surface area contributed by atoms with Crippen LogP contribution in [0.1, 0.15) is 11.1 Å². The second-order valence-electron chi connectivity index (χ2n) is 5.90. The molecule has 28 heavy (non-hydrogen) atoms. The third-order valence-corrected chi connectivity index (χ3v) is 5.40. The molecule has 0 saturated heterocycles. The molecule has 3 aromatic rings. The van der Waals surface area contributed by atoms with E-state index in [4.69, 9.17) is 5.73 Å². The molecule has 3 rings (SSSR count). The van der Waals surface area contributed by atoms with Gasteiger partial charge in [0.1, 0.15) is 16.4 Å². The van der Waals surface area contributed by atoms with Gasteiger partial charge in [0.05, 0.1) is 11.8 Å². The van der Waals surface area contributed by atoms with Crippen LogP contribution in [-0.2, 0) is 18.3 Å². The molecule has 0 spiro atoms.